The number of halogens is 1. The summed E-state index contributed by atoms with van der Waals surface area (Å²) in [4.78, 5) is 0.240. The fourth-order valence-electron chi connectivity index (χ4n) is 2.35. The number of hydrogen-bond acceptors (Lipinski definition) is 4. The van der Waals surface area contributed by atoms with Gasteiger partial charge in [-0.25, -0.2) is 8.42 Å². The van der Waals surface area contributed by atoms with Crippen molar-refractivity contribution in [2.75, 3.05) is 26.7 Å². The number of methoxy groups -OCH3 is 1. The maximum absolute atomic E-state index is 12.6. The summed E-state index contributed by atoms with van der Waals surface area (Å²) in [5.74, 6) is 0. The molecule has 1 aliphatic rings. The zero-order chi connectivity index (χ0) is 15.5. The van der Waals surface area contributed by atoms with Gasteiger partial charge in [0.2, 0.25) is 10.0 Å². The van der Waals surface area contributed by atoms with Gasteiger partial charge in [0, 0.05) is 31.8 Å². The molecule has 0 aromatic heterocycles. The quantitative estimate of drug-likeness (QED) is 0.864. The summed E-state index contributed by atoms with van der Waals surface area (Å²) in [6, 6.07) is 4.92. The van der Waals surface area contributed by atoms with Crippen LogP contribution in [0, 0.1) is 0 Å². The van der Waals surface area contributed by atoms with Crippen LogP contribution in [0.1, 0.15) is 18.9 Å². The molecule has 1 unspecified atom stereocenters. The Balaban J connectivity index is 2.19. The van der Waals surface area contributed by atoms with Crippen molar-refractivity contribution in [2.24, 2.45) is 0 Å². The largest absolute Gasteiger partial charge is 0.380 e. The second-order valence-electron chi connectivity index (χ2n) is 5.04. The van der Waals surface area contributed by atoms with Crippen LogP contribution in [-0.2, 0) is 21.3 Å². The topological polar surface area (TPSA) is 58.6 Å². The Bertz CT molecular complexity index is 592. The predicted molar refractivity (Wildman–Crippen MR) is 83.0 cm³/mol. The summed E-state index contributed by atoms with van der Waals surface area (Å²) in [7, 11) is -1.89. The highest BCUT2D eigenvalue weighted by Crippen LogP contribution is 2.26. The minimum atomic E-state index is -3.49. The highest BCUT2D eigenvalue weighted by molar-refractivity contribution is 7.89. The van der Waals surface area contributed by atoms with Gasteiger partial charge >= 0.3 is 0 Å². The normalized spacial score (nSPS) is 20.0. The fraction of sp³-hybridized carbons (Fsp3) is 0.571. The molecule has 1 aromatic rings. The zero-order valence-corrected chi connectivity index (χ0v) is 13.9. The second-order valence-corrected chi connectivity index (χ2v) is 7.39. The molecule has 0 bridgehead atoms. The van der Waals surface area contributed by atoms with Crippen molar-refractivity contribution in [3.05, 3.63) is 28.8 Å². The molecule has 1 aliphatic heterocycles. The van der Waals surface area contributed by atoms with Crippen molar-refractivity contribution in [1.82, 2.24) is 9.62 Å². The van der Waals surface area contributed by atoms with Crippen LogP contribution in [0.5, 0.6) is 0 Å². The van der Waals surface area contributed by atoms with E-state index in [-0.39, 0.29) is 11.0 Å². The highest BCUT2D eigenvalue weighted by Gasteiger charge is 2.32. The third-order valence-corrected chi connectivity index (χ3v) is 5.88. The van der Waals surface area contributed by atoms with Gasteiger partial charge in [-0.05, 0) is 30.7 Å². The van der Waals surface area contributed by atoms with E-state index < -0.39 is 10.0 Å². The molecular weight excluding hydrogens is 312 g/mol. The van der Waals surface area contributed by atoms with E-state index in [0.717, 1.165) is 18.5 Å². The van der Waals surface area contributed by atoms with Gasteiger partial charge in [0.15, 0.2) is 0 Å². The Morgan fingerprint density at radius 1 is 1.48 bits per heavy atom. The molecule has 0 spiro atoms. The lowest BCUT2D eigenvalue weighted by atomic mass is 10.2. The molecule has 1 heterocycles. The van der Waals surface area contributed by atoms with Crippen LogP contribution in [0.4, 0.5) is 0 Å². The van der Waals surface area contributed by atoms with E-state index in [2.05, 4.69) is 5.32 Å². The van der Waals surface area contributed by atoms with Gasteiger partial charge in [0.25, 0.3) is 0 Å². The van der Waals surface area contributed by atoms with Crippen LogP contribution in [0.25, 0.3) is 0 Å². The molecule has 7 heteroatoms. The number of rotatable bonds is 6. The van der Waals surface area contributed by atoms with Gasteiger partial charge in [-0.15, -0.1) is 0 Å². The summed E-state index contributed by atoms with van der Waals surface area (Å²) in [6.07, 6.45) is 0.699. The van der Waals surface area contributed by atoms with E-state index >= 15 is 0 Å². The molecule has 118 valence electrons. The highest BCUT2D eigenvalue weighted by atomic mass is 35.5. The van der Waals surface area contributed by atoms with Crippen molar-refractivity contribution in [2.45, 2.75) is 30.9 Å². The minimum Gasteiger partial charge on any atom is -0.380 e. The Hall–Kier alpha value is -0.660. The number of hydrogen-bond donors (Lipinski definition) is 1. The number of nitrogens with one attached hydrogen (secondary N) is 1. The number of benzene rings is 1. The van der Waals surface area contributed by atoms with Gasteiger partial charge in [-0.1, -0.05) is 24.6 Å². The Morgan fingerprint density at radius 3 is 2.81 bits per heavy atom. The fourth-order valence-corrected chi connectivity index (χ4v) is 4.17. The van der Waals surface area contributed by atoms with E-state index in [0.29, 0.717) is 24.7 Å². The molecule has 5 nitrogen and oxygen atoms in total. The van der Waals surface area contributed by atoms with Gasteiger partial charge in [-0.2, -0.15) is 4.31 Å². The van der Waals surface area contributed by atoms with Gasteiger partial charge in [0.05, 0.1) is 11.0 Å². The van der Waals surface area contributed by atoms with E-state index in [1.807, 2.05) is 6.92 Å². The first-order valence-corrected chi connectivity index (χ1v) is 8.83. The summed E-state index contributed by atoms with van der Waals surface area (Å²) in [5, 5.41) is 3.64. The Morgan fingerprint density at radius 2 is 2.24 bits per heavy atom. The molecule has 21 heavy (non-hydrogen) atoms. The average molecular weight is 333 g/mol. The molecule has 1 saturated heterocycles. The maximum Gasteiger partial charge on any atom is 0.243 e. The first kappa shape index (κ1) is 16.7. The van der Waals surface area contributed by atoms with Crippen molar-refractivity contribution >= 4 is 21.6 Å². The van der Waals surface area contributed by atoms with Crippen molar-refractivity contribution in [3.8, 4) is 0 Å². The van der Waals surface area contributed by atoms with Crippen molar-refractivity contribution in [1.29, 1.82) is 0 Å². The van der Waals surface area contributed by atoms with Crippen LogP contribution >= 0.6 is 11.6 Å². The summed E-state index contributed by atoms with van der Waals surface area (Å²) in [5.41, 5.74) is 0.897. The third kappa shape index (κ3) is 3.76. The lowest BCUT2D eigenvalue weighted by molar-refractivity contribution is 0.115. The molecule has 1 fully saturated rings. The number of nitrogens with zero attached hydrogens (tertiary/aromatic N) is 1. The van der Waals surface area contributed by atoms with E-state index in [4.69, 9.17) is 16.3 Å². The molecule has 1 N–H and O–H groups in total. The average Bonchev–Trinajstić information content (AvgIpc) is 2.95. The van der Waals surface area contributed by atoms with Gasteiger partial charge in [-0.3, -0.25) is 0 Å². The first-order valence-electron chi connectivity index (χ1n) is 7.01. The third-order valence-electron chi connectivity index (χ3n) is 3.67. The lowest BCUT2D eigenvalue weighted by Gasteiger charge is -2.17. The summed E-state index contributed by atoms with van der Waals surface area (Å²) < 4.78 is 31.8. The molecule has 2 rings (SSSR count). The molecule has 0 aliphatic carbocycles. The Labute approximate surface area is 131 Å². The standard InChI is InChI=1S/C14H21ClN2O3S/c1-3-16-9-11-4-5-13(8-14(11)15)21(18,19)17-7-6-12(10-17)20-2/h4-5,8,12,16H,3,6-7,9-10H2,1-2H3. The van der Waals surface area contributed by atoms with Crippen LogP contribution in [-0.4, -0.2) is 45.6 Å². The monoisotopic (exact) mass is 332 g/mol. The molecule has 0 amide bonds. The molecular formula is C14H21ClN2O3S. The first-order chi connectivity index (χ1) is 9.98. The summed E-state index contributed by atoms with van der Waals surface area (Å²) in [6.45, 7) is 4.35. The van der Waals surface area contributed by atoms with Gasteiger partial charge in [0.1, 0.15) is 0 Å². The van der Waals surface area contributed by atoms with E-state index in [9.17, 15) is 8.42 Å². The Kier molecular flexibility index (Phi) is 5.62. The van der Waals surface area contributed by atoms with Crippen LogP contribution in [0.3, 0.4) is 0 Å². The van der Waals surface area contributed by atoms with Crippen molar-refractivity contribution in [3.63, 3.8) is 0 Å². The predicted octanol–water partition coefficient (Wildman–Crippen LogP) is 1.86. The molecule has 1 aromatic carbocycles. The lowest BCUT2D eigenvalue weighted by Crippen LogP contribution is -2.30. The number of sulfonamides is 1. The van der Waals surface area contributed by atoms with E-state index in [1.165, 1.54) is 10.4 Å². The molecule has 0 saturated carbocycles. The van der Waals surface area contributed by atoms with Crippen molar-refractivity contribution < 1.29 is 13.2 Å². The van der Waals surface area contributed by atoms with Crippen LogP contribution < -0.4 is 5.32 Å². The zero-order valence-electron chi connectivity index (χ0n) is 12.3. The van der Waals surface area contributed by atoms with Crippen LogP contribution in [0.2, 0.25) is 5.02 Å². The second kappa shape index (κ2) is 7.07. The smallest absolute Gasteiger partial charge is 0.243 e. The van der Waals surface area contributed by atoms with E-state index in [1.54, 1.807) is 19.2 Å². The summed E-state index contributed by atoms with van der Waals surface area (Å²) >= 11 is 6.19. The number of ether oxygens (including phenoxy) is 1. The maximum atomic E-state index is 12.6. The molecule has 1 atom stereocenters. The van der Waals surface area contributed by atoms with Crippen LogP contribution in [0.15, 0.2) is 23.1 Å². The minimum absolute atomic E-state index is 0.0247. The SMILES string of the molecule is CCNCc1ccc(S(=O)(=O)N2CCC(OC)C2)cc1Cl. The molecule has 0 radical (unpaired) electrons. The van der Waals surface area contributed by atoms with Gasteiger partial charge < -0.3 is 10.1 Å².